The Morgan fingerprint density at radius 3 is 2.92 bits per heavy atom. The van der Waals surface area contributed by atoms with Gasteiger partial charge in [-0.25, -0.2) is 0 Å². The van der Waals surface area contributed by atoms with E-state index in [0.717, 1.165) is 17.5 Å². The van der Waals surface area contributed by atoms with Crippen LogP contribution in [0.4, 0.5) is 0 Å². The number of nitrogens with zero attached hydrogens (tertiary/aromatic N) is 1. The van der Waals surface area contributed by atoms with Gasteiger partial charge in [0.15, 0.2) is 0 Å². The van der Waals surface area contributed by atoms with Crippen molar-refractivity contribution in [1.82, 2.24) is 15.5 Å². The molecule has 1 aromatic carbocycles. The van der Waals surface area contributed by atoms with E-state index in [4.69, 9.17) is 4.74 Å². The zero-order chi connectivity index (χ0) is 16.9. The van der Waals surface area contributed by atoms with Gasteiger partial charge in [-0.2, -0.15) is 5.10 Å². The number of aromatic nitrogens is 2. The van der Waals surface area contributed by atoms with Crippen molar-refractivity contribution in [3.05, 3.63) is 58.5 Å². The number of nitrogens with one attached hydrogen (secondary N) is 2. The first-order valence-corrected chi connectivity index (χ1v) is 8.56. The number of benzene rings is 1. The van der Waals surface area contributed by atoms with Gasteiger partial charge in [0.25, 0.3) is 5.91 Å². The Kier molecular flexibility index (Phi) is 4.96. The third-order valence-electron chi connectivity index (χ3n) is 3.74. The molecule has 1 atom stereocenters. The fraction of sp³-hybridized carbons (Fsp3) is 0.222. The molecule has 3 aromatic rings. The van der Waals surface area contributed by atoms with E-state index < -0.39 is 0 Å². The summed E-state index contributed by atoms with van der Waals surface area (Å²) < 4.78 is 5.40. The van der Waals surface area contributed by atoms with Crippen LogP contribution in [0.3, 0.4) is 0 Å². The van der Waals surface area contributed by atoms with Gasteiger partial charge < -0.3 is 10.1 Å². The molecule has 2 heterocycles. The van der Waals surface area contributed by atoms with Crippen LogP contribution >= 0.6 is 11.3 Å². The molecule has 1 amide bonds. The van der Waals surface area contributed by atoms with Gasteiger partial charge in [-0.05, 0) is 36.1 Å². The first-order valence-electron chi connectivity index (χ1n) is 7.68. The average Bonchev–Trinajstić information content (AvgIpc) is 3.27. The lowest BCUT2D eigenvalue weighted by molar-refractivity contribution is 0.0937. The normalized spacial score (nSPS) is 11.9. The van der Waals surface area contributed by atoms with Gasteiger partial charge in [-0.15, -0.1) is 11.3 Å². The van der Waals surface area contributed by atoms with Crippen LogP contribution in [0.2, 0.25) is 0 Å². The third kappa shape index (κ3) is 3.65. The van der Waals surface area contributed by atoms with Crippen LogP contribution in [0.25, 0.3) is 11.1 Å². The Balaban J connectivity index is 1.74. The molecule has 0 aliphatic carbocycles. The lowest BCUT2D eigenvalue weighted by Crippen LogP contribution is -2.34. The predicted molar refractivity (Wildman–Crippen MR) is 95.5 cm³/mol. The highest BCUT2D eigenvalue weighted by Crippen LogP contribution is 2.26. The minimum atomic E-state index is -0.130. The van der Waals surface area contributed by atoms with Crippen LogP contribution in [0.5, 0.6) is 5.75 Å². The number of H-pyrrole nitrogens is 1. The minimum Gasteiger partial charge on any atom is -0.496 e. The van der Waals surface area contributed by atoms with Crippen molar-refractivity contribution in [3.8, 4) is 16.9 Å². The molecule has 5 nitrogen and oxygen atoms in total. The van der Waals surface area contributed by atoms with E-state index in [1.54, 1.807) is 36.9 Å². The van der Waals surface area contributed by atoms with Gasteiger partial charge >= 0.3 is 0 Å². The summed E-state index contributed by atoms with van der Waals surface area (Å²) in [5.74, 6) is 0.421. The van der Waals surface area contributed by atoms with Crippen LogP contribution in [0.1, 0.15) is 22.2 Å². The topological polar surface area (TPSA) is 67.0 Å². The molecule has 0 saturated carbocycles. The Bertz CT molecular complexity index is 798. The molecule has 0 bridgehead atoms. The van der Waals surface area contributed by atoms with Crippen LogP contribution < -0.4 is 10.1 Å². The highest BCUT2D eigenvalue weighted by molar-refractivity contribution is 7.09. The number of carbonyl (C=O) groups excluding carboxylic acids is 1. The summed E-state index contributed by atoms with van der Waals surface area (Å²) in [7, 11) is 1.57. The maximum Gasteiger partial charge on any atom is 0.255 e. The van der Waals surface area contributed by atoms with Gasteiger partial charge in [-0.3, -0.25) is 9.89 Å². The Hall–Kier alpha value is -2.60. The smallest absolute Gasteiger partial charge is 0.255 e. The fourth-order valence-electron chi connectivity index (χ4n) is 2.55. The second-order valence-corrected chi connectivity index (χ2v) is 6.59. The van der Waals surface area contributed by atoms with E-state index in [2.05, 4.69) is 21.6 Å². The second-order valence-electron chi connectivity index (χ2n) is 5.56. The highest BCUT2D eigenvalue weighted by Gasteiger charge is 2.16. The first-order chi connectivity index (χ1) is 11.7. The van der Waals surface area contributed by atoms with E-state index in [0.29, 0.717) is 11.3 Å². The van der Waals surface area contributed by atoms with Crippen molar-refractivity contribution < 1.29 is 9.53 Å². The summed E-state index contributed by atoms with van der Waals surface area (Å²) in [6.45, 7) is 2.00. The first kappa shape index (κ1) is 16.3. The molecule has 6 heteroatoms. The summed E-state index contributed by atoms with van der Waals surface area (Å²) in [6, 6.07) is 9.68. The van der Waals surface area contributed by atoms with Crippen LogP contribution in [0.15, 0.2) is 48.1 Å². The molecule has 0 radical (unpaired) electrons. The maximum atomic E-state index is 12.6. The number of methoxy groups -OCH3 is 1. The number of amides is 1. The van der Waals surface area contributed by atoms with Crippen molar-refractivity contribution in [1.29, 1.82) is 0 Å². The van der Waals surface area contributed by atoms with E-state index in [1.807, 2.05) is 30.5 Å². The van der Waals surface area contributed by atoms with Crippen molar-refractivity contribution in [2.75, 3.05) is 7.11 Å². The summed E-state index contributed by atoms with van der Waals surface area (Å²) >= 11 is 1.70. The lowest BCUT2D eigenvalue weighted by atomic mass is 10.0. The van der Waals surface area contributed by atoms with Gasteiger partial charge in [0.2, 0.25) is 0 Å². The van der Waals surface area contributed by atoms with E-state index in [-0.39, 0.29) is 11.9 Å². The standard InChI is InChI=1S/C18H19N3O2S/c1-12(8-15-4-3-7-24-15)21-18(22)16-6-5-13(9-17(16)23-2)14-10-19-20-11-14/h3-7,9-12H,8H2,1-2H3,(H,19,20)(H,21,22). The Morgan fingerprint density at radius 2 is 2.25 bits per heavy atom. The number of hydrogen-bond donors (Lipinski definition) is 2. The number of ether oxygens (including phenoxy) is 1. The van der Waals surface area contributed by atoms with Gasteiger partial charge in [0.1, 0.15) is 5.75 Å². The molecule has 1 unspecified atom stereocenters. The Labute approximate surface area is 144 Å². The van der Waals surface area contributed by atoms with Crippen LogP contribution in [-0.4, -0.2) is 29.3 Å². The zero-order valence-electron chi connectivity index (χ0n) is 13.6. The number of aromatic amines is 1. The molecular weight excluding hydrogens is 322 g/mol. The molecule has 124 valence electrons. The number of hydrogen-bond acceptors (Lipinski definition) is 4. The predicted octanol–water partition coefficient (Wildman–Crippen LogP) is 3.51. The number of rotatable bonds is 6. The van der Waals surface area contributed by atoms with E-state index >= 15 is 0 Å². The average molecular weight is 341 g/mol. The zero-order valence-corrected chi connectivity index (χ0v) is 14.4. The lowest BCUT2D eigenvalue weighted by Gasteiger charge is -2.15. The Morgan fingerprint density at radius 1 is 1.38 bits per heavy atom. The molecule has 0 aliphatic rings. The molecule has 24 heavy (non-hydrogen) atoms. The van der Waals surface area contributed by atoms with Gasteiger partial charge in [-0.1, -0.05) is 12.1 Å². The molecule has 3 rings (SSSR count). The van der Waals surface area contributed by atoms with Gasteiger partial charge in [0.05, 0.1) is 18.9 Å². The van der Waals surface area contributed by atoms with Crippen molar-refractivity contribution in [2.45, 2.75) is 19.4 Å². The molecule has 0 saturated heterocycles. The number of thiophene rings is 1. The second kappa shape index (κ2) is 7.31. The number of carbonyl (C=O) groups is 1. The maximum absolute atomic E-state index is 12.6. The third-order valence-corrected chi connectivity index (χ3v) is 4.64. The van der Waals surface area contributed by atoms with Crippen molar-refractivity contribution in [2.24, 2.45) is 0 Å². The van der Waals surface area contributed by atoms with E-state index in [9.17, 15) is 4.79 Å². The van der Waals surface area contributed by atoms with E-state index in [1.165, 1.54) is 4.88 Å². The minimum absolute atomic E-state index is 0.0504. The van der Waals surface area contributed by atoms with Crippen LogP contribution in [-0.2, 0) is 6.42 Å². The largest absolute Gasteiger partial charge is 0.496 e. The van der Waals surface area contributed by atoms with Crippen molar-refractivity contribution in [3.63, 3.8) is 0 Å². The molecular formula is C18H19N3O2S. The molecule has 0 fully saturated rings. The summed E-state index contributed by atoms with van der Waals surface area (Å²) in [5.41, 5.74) is 2.43. The molecule has 2 N–H and O–H groups in total. The quantitative estimate of drug-likeness (QED) is 0.721. The molecule has 2 aromatic heterocycles. The molecule has 0 aliphatic heterocycles. The van der Waals surface area contributed by atoms with Gasteiger partial charge in [0, 0.05) is 29.1 Å². The summed E-state index contributed by atoms with van der Waals surface area (Å²) in [5, 5.41) is 11.8. The summed E-state index contributed by atoms with van der Waals surface area (Å²) in [4.78, 5) is 13.8. The monoisotopic (exact) mass is 341 g/mol. The van der Waals surface area contributed by atoms with Crippen molar-refractivity contribution >= 4 is 17.2 Å². The molecule has 0 spiro atoms. The summed E-state index contributed by atoms with van der Waals surface area (Å²) in [6.07, 6.45) is 4.36. The highest BCUT2D eigenvalue weighted by atomic mass is 32.1. The fourth-order valence-corrected chi connectivity index (χ4v) is 3.39. The van der Waals surface area contributed by atoms with Crippen LogP contribution in [0, 0.1) is 0 Å². The SMILES string of the molecule is COc1cc(-c2cn[nH]c2)ccc1C(=O)NC(C)Cc1cccs1.